The summed E-state index contributed by atoms with van der Waals surface area (Å²) < 4.78 is 6.16. The van der Waals surface area contributed by atoms with Gasteiger partial charge in [0.15, 0.2) is 0 Å². The molecule has 92 valence electrons. The molecule has 3 rings (SSSR count). The first-order valence-corrected chi connectivity index (χ1v) is 6.75. The lowest BCUT2D eigenvalue weighted by Gasteiger charge is -2.26. The first-order valence-electron chi connectivity index (χ1n) is 6.75. The highest BCUT2D eigenvalue weighted by atomic mass is 16.5. The Morgan fingerprint density at radius 2 is 1.88 bits per heavy atom. The van der Waals surface area contributed by atoms with Crippen LogP contribution in [0.3, 0.4) is 0 Å². The Kier molecular flexibility index (Phi) is 3.17. The van der Waals surface area contributed by atoms with E-state index in [1.165, 1.54) is 31.2 Å². The highest BCUT2D eigenvalue weighted by Gasteiger charge is 2.36. The van der Waals surface area contributed by atoms with E-state index in [1.54, 1.807) is 0 Å². The third-order valence-electron chi connectivity index (χ3n) is 4.26. The second-order valence-corrected chi connectivity index (χ2v) is 5.55. The molecule has 1 saturated heterocycles. The van der Waals surface area contributed by atoms with Crippen molar-refractivity contribution < 1.29 is 4.74 Å². The van der Waals surface area contributed by atoms with Crippen LogP contribution in [0.25, 0.3) is 0 Å². The summed E-state index contributed by atoms with van der Waals surface area (Å²) in [6.45, 7) is 3.02. The fourth-order valence-corrected chi connectivity index (χ4v) is 3.18. The Balaban J connectivity index is 1.70. The van der Waals surface area contributed by atoms with Gasteiger partial charge >= 0.3 is 0 Å². The van der Waals surface area contributed by atoms with Gasteiger partial charge in [0, 0.05) is 18.5 Å². The van der Waals surface area contributed by atoms with E-state index in [-0.39, 0.29) is 6.10 Å². The standard InChI is InChI=1S/C15H21NO/c1-2-6-13(7-3-1)14-10-16-11-15(12-17-14)8-4-5-9-15/h1-3,6-7,14,16H,4-5,8-12H2. The van der Waals surface area contributed by atoms with Crippen molar-refractivity contribution in [3.8, 4) is 0 Å². The molecule has 1 aromatic carbocycles. The number of benzene rings is 1. The van der Waals surface area contributed by atoms with Crippen LogP contribution in [0.4, 0.5) is 0 Å². The number of hydrogen-bond donors (Lipinski definition) is 1. The van der Waals surface area contributed by atoms with Gasteiger partial charge < -0.3 is 10.1 Å². The Morgan fingerprint density at radius 1 is 1.12 bits per heavy atom. The average Bonchev–Trinajstić information content (AvgIpc) is 2.72. The highest BCUT2D eigenvalue weighted by molar-refractivity contribution is 5.18. The summed E-state index contributed by atoms with van der Waals surface area (Å²) in [6.07, 6.45) is 5.65. The van der Waals surface area contributed by atoms with Crippen LogP contribution in [0.2, 0.25) is 0 Å². The van der Waals surface area contributed by atoms with Crippen LogP contribution in [0.5, 0.6) is 0 Å². The van der Waals surface area contributed by atoms with E-state index in [0.717, 1.165) is 19.7 Å². The first-order chi connectivity index (χ1) is 8.38. The number of hydrogen-bond acceptors (Lipinski definition) is 2. The van der Waals surface area contributed by atoms with Crippen LogP contribution in [0, 0.1) is 5.41 Å². The molecule has 2 aliphatic rings. The van der Waals surface area contributed by atoms with Gasteiger partial charge in [0.1, 0.15) is 0 Å². The summed E-state index contributed by atoms with van der Waals surface area (Å²) in [5, 5.41) is 3.60. The predicted molar refractivity (Wildman–Crippen MR) is 68.9 cm³/mol. The molecule has 0 radical (unpaired) electrons. The Bertz CT molecular complexity index is 356. The fourth-order valence-electron chi connectivity index (χ4n) is 3.18. The van der Waals surface area contributed by atoms with Crippen molar-refractivity contribution in [3.05, 3.63) is 35.9 Å². The molecule has 17 heavy (non-hydrogen) atoms. The normalized spacial score (nSPS) is 28.1. The monoisotopic (exact) mass is 231 g/mol. The van der Waals surface area contributed by atoms with Gasteiger partial charge in [-0.05, 0) is 18.4 Å². The van der Waals surface area contributed by atoms with Crippen LogP contribution in [0.15, 0.2) is 30.3 Å². The third-order valence-corrected chi connectivity index (χ3v) is 4.26. The largest absolute Gasteiger partial charge is 0.372 e. The zero-order valence-electron chi connectivity index (χ0n) is 10.3. The second-order valence-electron chi connectivity index (χ2n) is 5.55. The SMILES string of the molecule is c1ccc(C2CNCC3(CCCC3)CO2)cc1. The van der Waals surface area contributed by atoms with Crippen LogP contribution in [-0.2, 0) is 4.74 Å². The van der Waals surface area contributed by atoms with Crippen LogP contribution in [-0.4, -0.2) is 19.7 Å². The summed E-state index contributed by atoms with van der Waals surface area (Å²) in [5.74, 6) is 0. The van der Waals surface area contributed by atoms with Crippen LogP contribution >= 0.6 is 0 Å². The molecule has 1 spiro atoms. The molecule has 0 bridgehead atoms. The van der Waals surface area contributed by atoms with Gasteiger partial charge in [-0.15, -0.1) is 0 Å². The minimum Gasteiger partial charge on any atom is -0.372 e. The van der Waals surface area contributed by atoms with Crippen molar-refractivity contribution in [2.24, 2.45) is 5.41 Å². The molecule has 1 saturated carbocycles. The van der Waals surface area contributed by atoms with E-state index in [4.69, 9.17) is 4.74 Å². The lowest BCUT2D eigenvalue weighted by Crippen LogP contribution is -2.32. The van der Waals surface area contributed by atoms with E-state index in [1.807, 2.05) is 0 Å². The molecular weight excluding hydrogens is 210 g/mol. The highest BCUT2D eigenvalue weighted by Crippen LogP contribution is 2.40. The summed E-state index contributed by atoms with van der Waals surface area (Å²) in [7, 11) is 0. The molecule has 2 nitrogen and oxygen atoms in total. The molecule has 1 aromatic rings. The maximum absolute atomic E-state index is 6.16. The molecule has 0 aromatic heterocycles. The maximum atomic E-state index is 6.16. The van der Waals surface area contributed by atoms with Gasteiger partial charge in [0.2, 0.25) is 0 Å². The quantitative estimate of drug-likeness (QED) is 0.802. The lowest BCUT2D eigenvalue weighted by molar-refractivity contribution is 0.0158. The molecule has 2 heteroatoms. The van der Waals surface area contributed by atoms with E-state index in [2.05, 4.69) is 35.6 Å². The van der Waals surface area contributed by atoms with Crippen molar-refractivity contribution in [1.82, 2.24) is 5.32 Å². The zero-order valence-corrected chi connectivity index (χ0v) is 10.3. The summed E-state index contributed by atoms with van der Waals surface area (Å²) in [6, 6.07) is 10.6. The lowest BCUT2D eigenvalue weighted by atomic mass is 9.87. The molecule has 1 aliphatic heterocycles. The molecule has 2 fully saturated rings. The third kappa shape index (κ3) is 2.38. The van der Waals surface area contributed by atoms with Crippen molar-refractivity contribution in [1.29, 1.82) is 0 Å². The van der Waals surface area contributed by atoms with E-state index in [0.29, 0.717) is 5.41 Å². The van der Waals surface area contributed by atoms with E-state index in [9.17, 15) is 0 Å². The maximum Gasteiger partial charge on any atom is 0.0949 e. The average molecular weight is 231 g/mol. The van der Waals surface area contributed by atoms with E-state index >= 15 is 0 Å². The molecule has 1 N–H and O–H groups in total. The van der Waals surface area contributed by atoms with Crippen molar-refractivity contribution in [2.75, 3.05) is 19.7 Å². The summed E-state index contributed by atoms with van der Waals surface area (Å²) in [4.78, 5) is 0. The van der Waals surface area contributed by atoms with Gasteiger partial charge in [0.25, 0.3) is 0 Å². The van der Waals surface area contributed by atoms with Crippen molar-refractivity contribution in [2.45, 2.75) is 31.8 Å². The number of rotatable bonds is 1. The fraction of sp³-hybridized carbons (Fsp3) is 0.600. The molecule has 1 aliphatic carbocycles. The van der Waals surface area contributed by atoms with E-state index < -0.39 is 0 Å². The molecule has 1 unspecified atom stereocenters. The van der Waals surface area contributed by atoms with Crippen molar-refractivity contribution >= 4 is 0 Å². The molecular formula is C15H21NO. The number of nitrogens with one attached hydrogen (secondary N) is 1. The zero-order chi connectivity index (χ0) is 11.6. The van der Waals surface area contributed by atoms with Crippen LogP contribution < -0.4 is 5.32 Å². The minimum absolute atomic E-state index is 0.233. The predicted octanol–water partition coefficient (Wildman–Crippen LogP) is 2.91. The first kappa shape index (κ1) is 11.2. The Hall–Kier alpha value is -0.860. The van der Waals surface area contributed by atoms with Gasteiger partial charge in [-0.25, -0.2) is 0 Å². The van der Waals surface area contributed by atoms with Gasteiger partial charge in [-0.1, -0.05) is 43.2 Å². The Labute approximate surface area is 103 Å². The van der Waals surface area contributed by atoms with Crippen LogP contribution in [0.1, 0.15) is 37.4 Å². The molecule has 0 amide bonds. The van der Waals surface area contributed by atoms with Gasteiger partial charge in [0.05, 0.1) is 12.7 Å². The number of ether oxygens (including phenoxy) is 1. The summed E-state index contributed by atoms with van der Waals surface area (Å²) >= 11 is 0. The summed E-state index contributed by atoms with van der Waals surface area (Å²) in [5.41, 5.74) is 1.74. The molecule has 1 atom stereocenters. The van der Waals surface area contributed by atoms with Gasteiger partial charge in [-0.3, -0.25) is 0 Å². The second kappa shape index (κ2) is 4.79. The Morgan fingerprint density at radius 3 is 2.65 bits per heavy atom. The minimum atomic E-state index is 0.233. The topological polar surface area (TPSA) is 21.3 Å². The smallest absolute Gasteiger partial charge is 0.0949 e. The molecule has 1 heterocycles. The van der Waals surface area contributed by atoms with Crippen molar-refractivity contribution in [3.63, 3.8) is 0 Å². The van der Waals surface area contributed by atoms with Gasteiger partial charge in [-0.2, -0.15) is 0 Å².